The van der Waals surface area contributed by atoms with E-state index in [0.717, 1.165) is 22.3 Å². The van der Waals surface area contributed by atoms with Gasteiger partial charge in [-0.3, -0.25) is 4.79 Å². The predicted molar refractivity (Wildman–Crippen MR) is 110 cm³/mol. The van der Waals surface area contributed by atoms with Gasteiger partial charge in [-0.25, -0.2) is 9.97 Å². The van der Waals surface area contributed by atoms with E-state index in [0.29, 0.717) is 16.9 Å². The van der Waals surface area contributed by atoms with E-state index in [4.69, 9.17) is 4.74 Å². The number of ether oxygens (including phenoxy) is 1. The van der Waals surface area contributed by atoms with Gasteiger partial charge >= 0.3 is 0 Å². The van der Waals surface area contributed by atoms with Crippen molar-refractivity contribution in [2.75, 3.05) is 0 Å². The molecule has 1 aromatic heterocycles. The molecule has 0 aliphatic carbocycles. The highest BCUT2D eigenvalue weighted by Gasteiger charge is 2.36. The quantitative estimate of drug-likeness (QED) is 0.707. The molecule has 1 aliphatic rings. The lowest BCUT2D eigenvalue weighted by Crippen LogP contribution is -2.30. The van der Waals surface area contributed by atoms with Gasteiger partial charge in [0.15, 0.2) is 0 Å². The molecular weight excluding hydrogens is 366 g/mol. The van der Waals surface area contributed by atoms with Crippen LogP contribution in [0.1, 0.15) is 46.5 Å². The normalized spacial score (nSPS) is 13.8. The standard InChI is InChI=1S/C23H23N3O3/c1-13-5-6-17-16(7-13)20-18(29-23(17,3)4)8-14(2)19(21(20)27)22(28)26-11-15-9-24-12-25-10-15/h5-10,12,27H,11H2,1-4H3,(H,26,28). The lowest BCUT2D eigenvalue weighted by Gasteiger charge is -2.36. The zero-order valence-corrected chi connectivity index (χ0v) is 16.9. The number of rotatable bonds is 3. The number of phenolic OH excluding ortho intramolecular Hbond substituents is 1. The minimum absolute atomic E-state index is 0.0656. The second kappa shape index (κ2) is 6.88. The van der Waals surface area contributed by atoms with Crippen LogP contribution < -0.4 is 10.1 Å². The van der Waals surface area contributed by atoms with Crippen LogP contribution in [0.2, 0.25) is 0 Å². The maximum Gasteiger partial charge on any atom is 0.255 e. The minimum atomic E-state index is -0.536. The van der Waals surface area contributed by atoms with Gasteiger partial charge in [0.05, 0.1) is 11.1 Å². The summed E-state index contributed by atoms with van der Waals surface area (Å²) in [7, 11) is 0. The van der Waals surface area contributed by atoms with Gasteiger partial charge < -0.3 is 15.2 Å². The molecule has 3 aromatic rings. The summed E-state index contributed by atoms with van der Waals surface area (Å²) in [5, 5.41) is 14.0. The molecule has 0 saturated heterocycles. The molecule has 0 unspecified atom stereocenters. The smallest absolute Gasteiger partial charge is 0.255 e. The summed E-state index contributed by atoms with van der Waals surface area (Å²) in [5.41, 5.74) is 4.63. The zero-order chi connectivity index (χ0) is 20.8. The number of aromatic nitrogens is 2. The van der Waals surface area contributed by atoms with E-state index in [1.807, 2.05) is 45.0 Å². The van der Waals surface area contributed by atoms with Crippen LogP contribution >= 0.6 is 0 Å². The van der Waals surface area contributed by atoms with Gasteiger partial charge in [0, 0.05) is 30.1 Å². The average molecular weight is 389 g/mol. The Morgan fingerprint density at radius 1 is 1.17 bits per heavy atom. The minimum Gasteiger partial charge on any atom is -0.506 e. The second-order valence-corrected chi connectivity index (χ2v) is 7.88. The second-order valence-electron chi connectivity index (χ2n) is 7.88. The number of nitrogens with one attached hydrogen (secondary N) is 1. The Morgan fingerprint density at radius 3 is 2.62 bits per heavy atom. The van der Waals surface area contributed by atoms with Crippen LogP contribution in [-0.2, 0) is 12.1 Å². The summed E-state index contributed by atoms with van der Waals surface area (Å²) in [6, 6.07) is 7.89. The van der Waals surface area contributed by atoms with E-state index in [-0.39, 0.29) is 23.8 Å². The third kappa shape index (κ3) is 3.31. The molecule has 0 saturated carbocycles. The average Bonchev–Trinajstić information content (AvgIpc) is 2.66. The number of hydrogen-bond acceptors (Lipinski definition) is 5. The van der Waals surface area contributed by atoms with Gasteiger partial charge in [-0.1, -0.05) is 23.8 Å². The number of aryl methyl sites for hydroxylation is 2. The van der Waals surface area contributed by atoms with Crippen molar-refractivity contribution in [3.8, 4) is 22.6 Å². The van der Waals surface area contributed by atoms with Crippen molar-refractivity contribution < 1.29 is 14.6 Å². The Kier molecular flexibility index (Phi) is 4.49. The van der Waals surface area contributed by atoms with E-state index in [1.165, 1.54) is 6.33 Å². The summed E-state index contributed by atoms with van der Waals surface area (Å²) >= 11 is 0. The molecule has 6 nitrogen and oxygen atoms in total. The van der Waals surface area contributed by atoms with E-state index in [2.05, 4.69) is 15.3 Å². The van der Waals surface area contributed by atoms with Gasteiger partial charge in [-0.15, -0.1) is 0 Å². The number of benzene rings is 2. The van der Waals surface area contributed by atoms with Crippen molar-refractivity contribution in [2.24, 2.45) is 0 Å². The molecule has 2 N–H and O–H groups in total. The fraction of sp³-hybridized carbons (Fsp3) is 0.261. The van der Waals surface area contributed by atoms with Crippen LogP contribution in [0.3, 0.4) is 0 Å². The maximum absolute atomic E-state index is 12.9. The summed E-state index contributed by atoms with van der Waals surface area (Å²) in [5.74, 6) is 0.158. The highest BCUT2D eigenvalue weighted by atomic mass is 16.5. The third-order valence-electron chi connectivity index (χ3n) is 5.21. The molecule has 0 radical (unpaired) electrons. The van der Waals surface area contributed by atoms with Gasteiger partial charge in [-0.05, 0) is 44.9 Å². The summed E-state index contributed by atoms with van der Waals surface area (Å²) in [4.78, 5) is 20.8. The van der Waals surface area contributed by atoms with Crippen molar-refractivity contribution in [3.05, 3.63) is 70.8 Å². The number of amides is 1. The molecule has 0 fully saturated rings. The van der Waals surface area contributed by atoms with Crippen molar-refractivity contribution >= 4 is 5.91 Å². The van der Waals surface area contributed by atoms with Gasteiger partial charge in [0.1, 0.15) is 23.4 Å². The fourth-order valence-electron chi connectivity index (χ4n) is 3.81. The first-order valence-electron chi connectivity index (χ1n) is 9.47. The van der Waals surface area contributed by atoms with Crippen LogP contribution in [0.15, 0.2) is 43.0 Å². The molecule has 0 atom stereocenters. The Bertz CT molecular complexity index is 1110. The monoisotopic (exact) mass is 389 g/mol. The number of fused-ring (bicyclic) bond motifs is 3. The molecule has 6 heteroatoms. The fourth-order valence-corrected chi connectivity index (χ4v) is 3.81. The van der Waals surface area contributed by atoms with E-state index < -0.39 is 5.60 Å². The largest absolute Gasteiger partial charge is 0.506 e. The van der Waals surface area contributed by atoms with Crippen molar-refractivity contribution in [1.29, 1.82) is 0 Å². The molecule has 148 valence electrons. The van der Waals surface area contributed by atoms with Gasteiger partial charge in [-0.2, -0.15) is 0 Å². The Hall–Kier alpha value is -3.41. The lowest BCUT2D eigenvalue weighted by atomic mass is 9.83. The van der Waals surface area contributed by atoms with Gasteiger partial charge in [0.25, 0.3) is 5.91 Å². The Labute approximate surface area is 169 Å². The molecule has 4 rings (SSSR count). The number of carbonyl (C=O) groups excluding carboxylic acids is 1. The van der Waals surface area contributed by atoms with Crippen molar-refractivity contribution in [2.45, 2.75) is 39.8 Å². The first kappa shape index (κ1) is 18.9. The Morgan fingerprint density at radius 2 is 1.90 bits per heavy atom. The van der Waals surface area contributed by atoms with Crippen LogP contribution in [0.25, 0.3) is 11.1 Å². The highest BCUT2D eigenvalue weighted by molar-refractivity contribution is 6.02. The molecule has 0 bridgehead atoms. The maximum atomic E-state index is 12.9. The SMILES string of the molecule is Cc1ccc2c(c1)-c1c(cc(C)c(C(=O)NCc3cncnc3)c1O)OC2(C)C. The first-order valence-corrected chi connectivity index (χ1v) is 9.47. The van der Waals surface area contributed by atoms with Crippen LogP contribution in [-0.4, -0.2) is 21.0 Å². The molecule has 2 aromatic carbocycles. The van der Waals surface area contributed by atoms with Crippen LogP contribution in [0.5, 0.6) is 11.5 Å². The topological polar surface area (TPSA) is 84.3 Å². The molecule has 29 heavy (non-hydrogen) atoms. The van der Waals surface area contributed by atoms with E-state index in [9.17, 15) is 9.90 Å². The van der Waals surface area contributed by atoms with E-state index in [1.54, 1.807) is 19.3 Å². The Balaban J connectivity index is 1.78. The predicted octanol–water partition coefficient (Wildman–Crippen LogP) is 4.02. The molecule has 1 aliphatic heterocycles. The summed E-state index contributed by atoms with van der Waals surface area (Å²) in [6.07, 6.45) is 4.72. The molecule has 0 spiro atoms. The third-order valence-corrected chi connectivity index (χ3v) is 5.21. The number of carbonyl (C=O) groups is 1. The summed E-state index contributed by atoms with van der Waals surface area (Å²) in [6.45, 7) is 8.07. The van der Waals surface area contributed by atoms with Gasteiger partial charge in [0.2, 0.25) is 0 Å². The molecular formula is C23H23N3O3. The number of phenols is 1. The first-order chi connectivity index (χ1) is 13.8. The number of nitrogens with zero attached hydrogens (tertiary/aromatic N) is 2. The van der Waals surface area contributed by atoms with Crippen LogP contribution in [0, 0.1) is 13.8 Å². The summed E-state index contributed by atoms with van der Waals surface area (Å²) < 4.78 is 6.20. The molecule has 1 amide bonds. The van der Waals surface area contributed by atoms with Crippen molar-refractivity contribution in [3.63, 3.8) is 0 Å². The highest BCUT2D eigenvalue weighted by Crippen LogP contribution is 2.51. The zero-order valence-electron chi connectivity index (χ0n) is 16.9. The number of hydrogen-bond donors (Lipinski definition) is 2. The lowest BCUT2D eigenvalue weighted by molar-refractivity contribution is 0.0946. The van der Waals surface area contributed by atoms with Crippen LogP contribution in [0.4, 0.5) is 0 Å². The van der Waals surface area contributed by atoms with E-state index >= 15 is 0 Å². The number of aromatic hydroxyl groups is 1. The molecule has 2 heterocycles. The van der Waals surface area contributed by atoms with Crippen molar-refractivity contribution in [1.82, 2.24) is 15.3 Å².